The van der Waals surface area contributed by atoms with Crippen molar-refractivity contribution in [1.82, 2.24) is 10.6 Å². The van der Waals surface area contributed by atoms with E-state index >= 15 is 0 Å². The Balaban J connectivity index is 1.68. The van der Waals surface area contributed by atoms with Crippen LogP contribution in [0.5, 0.6) is 0 Å². The molecular formula is C8H18N2. The molecule has 10 heavy (non-hydrogen) atoms. The maximum atomic E-state index is 3.45. The smallest absolute Gasteiger partial charge is 0.00793 e. The second-order valence-corrected chi connectivity index (χ2v) is 2.98. The first-order valence-corrected chi connectivity index (χ1v) is 4.37. The van der Waals surface area contributed by atoms with Crippen LogP contribution >= 0.6 is 0 Å². The molecule has 1 aliphatic rings. The Hall–Kier alpha value is -0.0800. The summed E-state index contributed by atoms with van der Waals surface area (Å²) in [5.74, 6) is 0. The Morgan fingerprint density at radius 2 is 2.00 bits per heavy atom. The van der Waals surface area contributed by atoms with Gasteiger partial charge in [0.25, 0.3) is 0 Å². The zero-order valence-corrected chi connectivity index (χ0v) is 6.82. The molecule has 0 radical (unpaired) electrons. The van der Waals surface area contributed by atoms with E-state index in [1.54, 1.807) is 0 Å². The van der Waals surface area contributed by atoms with Gasteiger partial charge in [-0.2, -0.15) is 0 Å². The van der Waals surface area contributed by atoms with Gasteiger partial charge in [-0.3, -0.25) is 0 Å². The van der Waals surface area contributed by atoms with Gasteiger partial charge in [0.05, 0.1) is 0 Å². The van der Waals surface area contributed by atoms with Crippen molar-refractivity contribution in [2.24, 2.45) is 0 Å². The standard InChI is InChI=1S/C8H18N2/c1-2-5-9-6-7-10-8-3-4-8/h8-10H,2-7H2,1H3. The van der Waals surface area contributed by atoms with Crippen LogP contribution in [0.2, 0.25) is 0 Å². The summed E-state index contributed by atoms with van der Waals surface area (Å²) in [5, 5.41) is 6.81. The van der Waals surface area contributed by atoms with E-state index in [1.165, 1.54) is 19.3 Å². The van der Waals surface area contributed by atoms with Crippen LogP contribution in [0.1, 0.15) is 26.2 Å². The molecule has 0 aliphatic heterocycles. The molecule has 60 valence electrons. The Morgan fingerprint density at radius 3 is 2.60 bits per heavy atom. The minimum atomic E-state index is 0.864. The Morgan fingerprint density at radius 1 is 1.20 bits per heavy atom. The van der Waals surface area contributed by atoms with E-state index in [4.69, 9.17) is 0 Å². The van der Waals surface area contributed by atoms with Crippen LogP contribution in [0, 0.1) is 0 Å². The fourth-order valence-electron chi connectivity index (χ4n) is 0.954. The molecule has 1 saturated carbocycles. The summed E-state index contributed by atoms with van der Waals surface area (Å²) >= 11 is 0. The lowest BCUT2D eigenvalue weighted by molar-refractivity contribution is 0.604. The highest BCUT2D eigenvalue weighted by molar-refractivity contribution is 4.80. The lowest BCUT2D eigenvalue weighted by Crippen LogP contribution is -2.28. The topological polar surface area (TPSA) is 24.1 Å². The highest BCUT2D eigenvalue weighted by atomic mass is 15.0. The molecule has 0 spiro atoms. The molecule has 0 bridgehead atoms. The van der Waals surface area contributed by atoms with E-state index in [0.717, 1.165) is 25.7 Å². The van der Waals surface area contributed by atoms with E-state index in [0.29, 0.717) is 0 Å². The summed E-state index contributed by atoms with van der Waals surface area (Å²) in [6, 6.07) is 0.864. The lowest BCUT2D eigenvalue weighted by Gasteiger charge is -2.02. The second-order valence-electron chi connectivity index (χ2n) is 2.98. The van der Waals surface area contributed by atoms with Gasteiger partial charge >= 0.3 is 0 Å². The Labute approximate surface area is 63.4 Å². The van der Waals surface area contributed by atoms with E-state index < -0.39 is 0 Å². The van der Waals surface area contributed by atoms with Gasteiger partial charge in [0.2, 0.25) is 0 Å². The molecule has 0 aromatic heterocycles. The van der Waals surface area contributed by atoms with Crippen molar-refractivity contribution in [1.29, 1.82) is 0 Å². The zero-order valence-electron chi connectivity index (χ0n) is 6.82. The molecule has 1 rings (SSSR count). The maximum Gasteiger partial charge on any atom is 0.00793 e. The number of hydrogen-bond donors (Lipinski definition) is 2. The normalized spacial score (nSPS) is 17.7. The fourth-order valence-corrected chi connectivity index (χ4v) is 0.954. The van der Waals surface area contributed by atoms with Gasteiger partial charge in [-0.1, -0.05) is 6.92 Å². The predicted molar refractivity (Wildman–Crippen MR) is 44.2 cm³/mol. The first-order valence-electron chi connectivity index (χ1n) is 4.37. The van der Waals surface area contributed by atoms with Crippen LogP contribution in [-0.4, -0.2) is 25.7 Å². The molecular weight excluding hydrogens is 124 g/mol. The van der Waals surface area contributed by atoms with Crippen LogP contribution in [0.15, 0.2) is 0 Å². The minimum absolute atomic E-state index is 0.864. The van der Waals surface area contributed by atoms with E-state index in [1.807, 2.05) is 0 Å². The predicted octanol–water partition coefficient (Wildman–Crippen LogP) is 0.738. The Bertz CT molecular complexity index is 79.3. The average Bonchev–Trinajstić information content (AvgIpc) is 2.71. The van der Waals surface area contributed by atoms with Gasteiger partial charge in [-0.05, 0) is 25.8 Å². The van der Waals surface area contributed by atoms with Crippen molar-refractivity contribution in [3.63, 3.8) is 0 Å². The third-order valence-corrected chi connectivity index (χ3v) is 1.74. The summed E-state index contributed by atoms with van der Waals surface area (Å²) in [5.41, 5.74) is 0. The summed E-state index contributed by atoms with van der Waals surface area (Å²) in [6.45, 7) is 5.63. The molecule has 0 saturated heterocycles. The van der Waals surface area contributed by atoms with Crippen LogP contribution < -0.4 is 10.6 Å². The van der Waals surface area contributed by atoms with E-state index in [2.05, 4.69) is 17.6 Å². The number of nitrogens with one attached hydrogen (secondary N) is 2. The maximum absolute atomic E-state index is 3.45. The lowest BCUT2D eigenvalue weighted by atomic mass is 10.4. The van der Waals surface area contributed by atoms with Crippen molar-refractivity contribution in [3.8, 4) is 0 Å². The van der Waals surface area contributed by atoms with Gasteiger partial charge in [-0.15, -0.1) is 0 Å². The molecule has 0 aromatic carbocycles. The summed E-state index contributed by atoms with van der Waals surface area (Å²) in [6.07, 6.45) is 4.03. The molecule has 0 aromatic rings. The van der Waals surface area contributed by atoms with Crippen molar-refractivity contribution in [2.45, 2.75) is 32.2 Å². The summed E-state index contributed by atoms with van der Waals surface area (Å²) < 4.78 is 0. The molecule has 0 unspecified atom stereocenters. The number of rotatable bonds is 6. The molecule has 0 heterocycles. The molecule has 1 fully saturated rings. The van der Waals surface area contributed by atoms with Gasteiger partial charge in [0, 0.05) is 19.1 Å². The van der Waals surface area contributed by atoms with Gasteiger partial charge in [-0.25, -0.2) is 0 Å². The monoisotopic (exact) mass is 142 g/mol. The van der Waals surface area contributed by atoms with Gasteiger partial charge < -0.3 is 10.6 Å². The Kier molecular flexibility index (Phi) is 3.76. The first-order chi connectivity index (χ1) is 4.93. The number of hydrogen-bond acceptors (Lipinski definition) is 2. The molecule has 0 atom stereocenters. The van der Waals surface area contributed by atoms with E-state index in [-0.39, 0.29) is 0 Å². The zero-order chi connectivity index (χ0) is 7.23. The van der Waals surface area contributed by atoms with Gasteiger partial charge in [0.15, 0.2) is 0 Å². The quantitative estimate of drug-likeness (QED) is 0.534. The van der Waals surface area contributed by atoms with Crippen LogP contribution in [0.3, 0.4) is 0 Å². The highest BCUT2D eigenvalue weighted by Gasteiger charge is 2.19. The summed E-state index contributed by atoms with van der Waals surface area (Å²) in [4.78, 5) is 0. The average molecular weight is 142 g/mol. The van der Waals surface area contributed by atoms with E-state index in [9.17, 15) is 0 Å². The van der Waals surface area contributed by atoms with Crippen LogP contribution in [0.4, 0.5) is 0 Å². The third kappa shape index (κ3) is 3.85. The van der Waals surface area contributed by atoms with Crippen LogP contribution in [0.25, 0.3) is 0 Å². The second kappa shape index (κ2) is 4.69. The molecule has 1 aliphatic carbocycles. The highest BCUT2D eigenvalue weighted by Crippen LogP contribution is 2.17. The van der Waals surface area contributed by atoms with Crippen molar-refractivity contribution >= 4 is 0 Å². The molecule has 0 amide bonds. The molecule has 2 nitrogen and oxygen atoms in total. The first kappa shape index (κ1) is 8.02. The fraction of sp³-hybridized carbons (Fsp3) is 1.00. The minimum Gasteiger partial charge on any atom is -0.315 e. The SMILES string of the molecule is CCCNCCNC1CC1. The van der Waals surface area contributed by atoms with Crippen molar-refractivity contribution in [3.05, 3.63) is 0 Å². The van der Waals surface area contributed by atoms with Crippen molar-refractivity contribution in [2.75, 3.05) is 19.6 Å². The van der Waals surface area contributed by atoms with Crippen molar-refractivity contribution < 1.29 is 0 Å². The molecule has 2 N–H and O–H groups in total. The third-order valence-electron chi connectivity index (χ3n) is 1.74. The molecule has 2 heteroatoms. The van der Waals surface area contributed by atoms with Gasteiger partial charge in [0.1, 0.15) is 0 Å². The summed E-state index contributed by atoms with van der Waals surface area (Å²) in [7, 11) is 0. The van der Waals surface area contributed by atoms with Crippen LogP contribution in [-0.2, 0) is 0 Å². The largest absolute Gasteiger partial charge is 0.315 e.